The highest BCUT2D eigenvalue weighted by Gasteiger charge is 2.24. The number of anilines is 1. The minimum atomic E-state index is -1.42. The molecule has 4 N–H and O–H groups in total. The summed E-state index contributed by atoms with van der Waals surface area (Å²) in [5.41, 5.74) is -0.380. The fourth-order valence-electron chi connectivity index (χ4n) is 3.52. The number of β-amino-alcohol motifs (C(OH)–C–C–N with tert-alkyl or cyclic N) is 1. The summed E-state index contributed by atoms with van der Waals surface area (Å²) in [5.74, 6) is -3.41. The first-order valence-electron chi connectivity index (χ1n) is 11.1. The molecule has 2 aromatic rings. The quantitative estimate of drug-likeness (QED) is 0.337. The third kappa shape index (κ3) is 7.82. The zero-order valence-corrected chi connectivity index (χ0v) is 20.0. The molecule has 1 aliphatic heterocycles. The number of aromatic nitrogens is 1. The SMILES string of the molecule is Cc1cc(F)c(COc2nsc(NC(=O)NCCCC(O)CN3CCOCC3)c2C(=O)O)c(F)c1. The average Bonchev–Trinajstić information content (AvgIpc) is 3.19. The first-order valence-corrected chi connectivity index (χ1v) is 11.8. The van der Waals surface area contributed by atoms with Gasteiger partial charge in [-0.25, -0.2) is 18.4 Å². The number of morpholine rings is 1. The summed E-state index contributed by atoms with van der Waals surface area (Å²) in [6.45, 7) is 4.63. The fraction of sp³-hybridized carbons (Fsp3) is 0.500. The van der Waals surface area contributed by atoms with Gasteiger partial charge in [0.05, 0.1) is 24.9 Å². The normalized spacial score (nSPS) is 15.0. The lowest BCUT2D eigenvalue weighted by atomic mass is 10.1. The van der Waals surface area contributed by atoms with Crippen LogP contribution in [0.3, 0.4) is 0 Å². The van der Waals surface area contributed by atoms with Gasteiger partial charge in [0.1, 0.15) is 23.2 Å². The van der Waals surface area contributed by atoms with Crippen LogP contribution in [0.2, 0.25) is 0 Å². The molecule has 1 aliphatic rings. The monoisotopic (exact) mass is 514 g/mol. The molecule has 13 heteroatoms. The van der Waals surface area contributed by atoms with E-state index < -0.39 is 41.9 Å². The summed E-state index contributed by atoms with van der Waals surface area (Å²) in [7, 11) is 0. The number of halogens is 2. The third-order valence-corrected chi connectivity index (χ3v) is 6.06. The Balaban J connectivity index is 1.48. The van der Waals surface area contributed by atoms with Crippen molar-refractivity contribution in [3.63, 3.8) is 0 Å². The van der Waals surface area contributed by atoms with Crippen molar-refractivity contribution in [2.45, 2.75) is 32.5 Å². The topological polar surface area (TPSA) is 133 Å². The maximum atomic E-state index is 14.0. The van der Waals surface area contributed by atoms with Gasteiger partial charge in [0, 0.05) is 26.2 Å². The number of urea groups is 1. The predicted molar refractivity (Wildman–Crippen MR) is 124 cm³/mol. The zero-order chi connectivity index (χ0) is 25.4. The summed E-state index contributed by atoms with van der Waals surface area (Å²) in [5, 5.41) is 24.6. The Morgan fingerprint density at radius 2 is 1.97 bits per heavy atom. The summed E-state index contributed by atoms with van der Waals surface area (Å²) in [6, 6.07) is 1.63. The van der Waals surface area contributed by atoms with Gasteiger partial charge in [0.25, 0.3) is 0 Å². The fourth-order valence-corrected chi connectivity index (χ4v) is 4.24. The summed E-state index contributed by atoms with van der Waals surface area (Å²) in [6.07, 6.45) is 0.485. The highest BCUT2D eigenvalue weighted by Crippen LogP contribution is 2.31. The van der Waals surface area contributed by atoms with Crippen LogP contribution in [0.25, 0.3) is 0 Å². The maximum absolute atomic E-state index is 14.0. The van der Waals surface area contributed by atoms with Crippen molar-refractivity contribution in [2.75, 3.05) is 44.7 Å². The second-order valence-electron chi connectivity index (χ2n) is 8.08. The number of hydrogen-bond donors (Lipinski definition) is 4. The average molecular weight is 515 g/mol. The molecular formula is C22H28F2N4O6S. The number of carbonyl (C=O) groups is 2. The van der Waals surface area contributed by atoms with Crippen LogP contribution < -0.4 is 15.4 Å². The highest BCUT2D eigenvalue weighted by molar-refractivity contribution is 7.11. The van der Waals surface area contributed by atoms with Gasteiger partial charge in [-0.2, -0.15) is 4.37 Å². The van der Waals surface area contributed by atoms with Gasteiger partial charge < -0.3 is 25.0 Å². The number of aromatic carboxylic acids is 1. The van der Waals surface area contributed by atoms with Crippen LogP contribution in [0.15, 0.2) is 12.1 Å². The Bertz CT molecular complexity index is 1010. The van der Waals surface area contributed by atoms with Crippen molar-refractivity contribution >= 4 is 28.5 Å². The number of nitrogens with one attached hydrogen (secondary N) is 2. The predicted octanol–water partition coefficient (Wildman–Crippen LogP) is 2.60. The van der Waals surface area contributed by atoms with E-state index in [-0.39, 0.29) is 23.0 Å². The third-order valence-electron chi connectivity index (χ3n) is 5.31. The molecule has 3 rings (SSSR count). The van der Waals surface area contributed by atoms with Crippen LogP contribution in [-0.4, -0.2) is 77.0 Å². The molecule has 35 heavy (non-hydrogen) atoms. The van der Waals surface area contributed by atoms with Crippen molar-refractivity contribution in [2.24, 2.45) is 0 Å². The number of carboxylic acids is 1. The van der Waals surface area contributed by atoms with Crippen molar-refractivity contribution in [1.29, 1.82) is 0 Å². The second-order valence-corrected chi connectivity index (χ2v) is 8.86. The Hall–Kier alpha value is -2.87. The van der Waals surface area contributed by atoms with E-state index in [1.54, 1.807) is 0 Å². The van der Waals surface area contributed by atoms with E-state index in [1.807, 2.05) is 0 Å². The van der Waals surface area contributed by atoms with Gasteiger partial charge in [-0.15, -0.1) is 0 Å². The molecule has 2 amide bonds. The molecule has 0 radical (unpaired) electrons. The molecule has 0 saturated carbocycles. The van der Waals surface area contributed by atoms with E-state index in [2.05, 4.69) is 19.9 Å². The van der Waals surface area contributed by atoms with E-state index in [9.17, 15) is 28.6 Å². The van der Waals surface area contributed by atoms with Gasteiger partial charge in [-0.1, -0.05) is 0 Å². The van der Waals surface area contributed by atoms with Crippen molar-refractivity contribution in [3.05, 3.63) is 40.5 Å². The molecule has 1 atom stereocenters. The molecule has 1 aromatic heterocycles. The van der Waals surface area contributed by atoms with E-state index >= 15 is 0 Å². The van der Waals surface area contributed by atoms with Crippen LogP contribution >= 0.6 is 11.5 Å². The van der Waals surface area contributed by atoms with Crippen LogP contribution in [0.5, 0.6) is 5.88 Å². The lowest BCUT2D eigenvalue weighted by Gasteiger charge is -2.28. The Labute approximate surface area is 205 Å². The first kappa shape index (κ1) is 26.7. The number of aliphatic hydroxyl groups is 1. The molecule has 10 nitrogen and oxygen atoms in total. The molecule has 192 valence electrons. The number of benzene rings is 1. The second kappa shape index (κ2) is 12.7. The minimum absolute atomic E-state index is 0.0813. The van der Waals surface area contributed by atoms with E-state index in [0.717, 1.165) is 25.2 Å². The van der Waals surface area contributed by atoms with E-state index in [0.29, 0.717) is 49.7 Å². The zero-order valence-electron chi connectivity index (χ0n) is 19.2. The summed E-state index contributed by atoms with van der Waals surface area (Å²) >= 11 is 0.671. The standard InChI is InChI=1S/C22H28F2N4O6S/c1-13-9-16(23)15(17(24)10-13)12-34-19-18(21(30)31)20(35-27-19)26-22(32)25-4-2-3-14(29)11-28-5-7-33-8-6-28/h9-10,14,29H,2-8,11-12H2,1H3,(H,30,31)(H2,25,26,32). The van der Waals surface area contributed by atoms with Gasteiger partial charge in [0.2, 0.25) is 5.88 Å². The van der Waals surface area contributed by atoms with E-state index in [4.69, 9.17) is 9.47 Å². The number of aryl methyl sites for hydroxylation is 1. The molecule has 1 aromatic carbocycles. The molecule has 1 fully saturated rings. The lowest BCUT2D eigenvalue weighted by molar-refractivity contribution is 0.0129. The van der Waals surface area contributed by atoms with Gasteiger partial charge in [-0.3, -0.25) is 10.2 Å². The Kier molecular flexibility index (Phi) is 9.72. The highest BCUT2D eigenvalue weighted by atomic mass is 32.1. The van der Waals surface area contributed by atoms with Crippen molar-refractivity contribution < 1.29 is 38.1 Å². The van der Waals surface area contributed by atoms with Gasteiger partial charge in [-0.05, 0) is 49.0 Å². The van der Waals surface area contributed by atoms with E-state index in [1.165, 1.54) is 6.92 Å². The van der Waals surface area contributed by atoms with Gasteiger partial charge >= 0.3 is 12.0 Å². The first-order chi connectivity index (χ1) is 16.7. The Morgan fingerprint density at radius 3 is 2.63 bits per heavy atom. The number of ether oxygens (including phenoxy) is 2. The largest absolute Gasteiger partial charge is 0.477 e. The van der Waals surface area contributed by atoms with Crippen LogP contribution in [0.1, 0.15) is 34.3 Å². The smallest absolute Gasteiger partial charge is 0.344 e. The number of hydrogen-bond acceptors (Lipinski definition) is 8. The van der Waals surface area contributed by atoms with Crippen LogP contribution in [0, 0.1) is 18.6 Å². The molecule has 2 heterocycles. The van der Waals surface area contributed by atoms with Crippen molar-refractivity contribution in [1.82, 2.24) is 14.6 Å². The molecule has 1 unspecified atom stereocenters. The molecule has 0 aliphatic carbocycles. The number of aliphatic hydroxyl groups excluding tert-OH is 1. The summed E-state index contributed by atoms with van der Waals surface area (Å²) < 4.78 is 42.4. The van der Waals surface area contributed by atoms with Crippen LogP contribution in [0.4, 0.5) is 18.6 Å². The van der Waals surface area contributed by atoms with Gasteiger partial charge in [0.15, 0.2) is 5.56 Å². The molecular weight excluding hydrogens is 486 g/mol. The summed E-state index contributed by atoms with van der Waals surface area (Å²) in [4.78, 5) is 26.0. The number of amides is 2. The molecule has 0 bridgehead atoms. The molecule has 1 saturated heterocycles. The number of rotatable bonds is 11. The molecule has 0 spiro atoms. The minimum Gasteiger partial charge on any atom is -0.477 e. The lowest BCUT2D eigenvalue weighted by Crippen LogP contribution is -2.41. The maximum Gasteiger partial charge on any atom is 0.344 e. The number of nitrogens with zero attached hydrogens (tertiary/aromatic N) is 2. The van der Waals surface area contributed by atoms with Crippen LogP contribution in [-0.2, 0) is 11.3 Å². The number of carbonyl (C=O) groups excluding carboxylic acids is 1. The van der Waals surface area contributed by atoms with Crippen molar-refractivity contribution in [3.8, 4) is 5.88 Å². The Morgan fingerprint density at radius 1 is 1.29 bits per heavy atom. The number of carboxylic acid groups (broad SMARTS) is 1.